The summed E-state index contributed by atoms with van der Waals surface area (Å²) in [6.45, 7) is 5.62. The lowest BCUT2D eigenvalue weighted by atomic mass is 10.00. The lowest BCUT2D eigenvalue weighted by Crippen LogP contribution is -2.56. The highest BCUT2D eigenvalue weighted by molar-refractivity contribution is 5.87. The average Bonchev–Trinajstić information content (AvgIpc) is 3.10. The zero-order valence-corrected chi connectivity index (χ0v) is 29.2. The number of aliphatic carboxylic acids is 1. The molecule has 2 amide bonds. The molecule has 4 atom stereocenters. The van der Waals surface area contributed by atoms with E-state index < -0.39 is 48.7 Å². The lowest BCUT2D eigenvalue weighted by molar-refractivity contribution is -0.139. The molecule has 0 aliphatic heterocycles. The molecule has 0 aliphatic rings. The van der Waals surface area contributed by atoms with Crippen LogP contribution in [0.25, 0.3) is 11.1 Å². The fraction of sp³-hybridized carbons (Fsp3) is 0.432. The van der Waals surface area contributed by atoms with Gasteiger partial charge in [-0.2, -0.15) is 0 Å². The summed E-state index contributed by atoms with van der Waals surface area (Å²) in [5.74, 6) is -2.23. The van der Waals surface area contributed by atoms with Crippen LogP contribution in [-0.4, -0.2) is 109 Å². The van der Waals surface area contributed by atoms with Crippen molar-refractivity contribution in [2.75, 3.05) is 46.8 Å². The maximum Gasteiger partial charge on any atom is 0.305 e. The van der Waals surface area contributed by atoms with Crippen molar-refractivity contribution < 1.29 is 29.7 Å². The number of aliphatic hydroxyl groups excluding tert-OH is 2. The molecular formula is C37H53N7O6. The minimum Gasteiger partial charge on any atom is -0.481 e. The molecule has 13 heteroatoms. The summed E-state index contributed by atoms with van der Waals surface area (Å²) >= 11 is 0. The fourth-order valence-electron chi connectivity index (χ4n) is 5.46. The smallest absolute Gasteiger partial charge is 0.305 e. The van der Waals surface area contributed by atoms with E-state index in [0.717, 1.165) is 54.0 Å². The molecule has 3 rings (SSSR count). The Morgan fingerprint density at radius 2 is 1.34 bits per heavy atom. The van der Waals surface area contributed by atoms with E-state index in [-0.39, 0.29) is 13.0 Å². The van der Waals surface area contributed by atoms with Crippen LogP contribution in [0.2, 0.25) is 0 Å². The zero-order chi connectivity index (χ0) is 36.3. The number of carbonyl (C=O) groups is 3. The fourth-order valence-corrected chi connectivity index (χ4v) is 5.46. The van der Waals surface area contributed by atoms with Crippen molar-refractivity contribution in [3.63, 3.8) is 0 Å². The van der Waals surface area contributed by atoms with Gasteiger partial charge < -0.3 is 36.6 Å². The number of likely N-dealkylation sites (N-methyl/N-ethyl adjacent to an activating group) is 2. The molecule has 0 saturated carbocycles. The normalized spacial score (nSPS) is 13.7. The van der Waals surface area contributed by atoms with Gasteiger partial charge in [0.15, 0.2) is 0 Å². The van der Waals surface area contributed by atoms with Gasteiger partial charge in [0.1, 0.15) is 18.5 Å². The van der Waals surface area contributed by atoms with Gasteiger partial charge in [-0.15, -0.1) is 0 Å². The molecule has 0 bridgehead atoms. The number of rotatable bonds is 23. The quantitative estimate of drug-likeness (QED) is 0.0635. The van der Waals surface area contributed by atoms with Crippen molar-refractivity contribution in [1.29, 1.82) is 0 Å². The summed E-state index contributed by atoms with van der Waals surface area (Å²) in [4.78, 5) is 39.3. The second-order valence-corrected chi connectivity index (χ2v) is 12.3. The molecule has 0 radical (unpaired) electrons. The van der Waals surface area contributed by atoms with Crippen LogP contribution in [0.3, 0.4) is 0 Å². The van der Waals surface area contributed by atoms with Crippen LogP contribution in [0.15, 0.2) is 78.9 Å². The molecule has 13 nitrogen and oxygen atoms in total. The standard InChI is InChI=1S/C37H53N7O6/c1-26(45)42-32(21-27-12-14-31(15-13-27)30-10-5-4-6-11-30)37(50)43-33(22-35(47)48)36(49)41-24-29-9-7-8-28(20-29)23-40-34(46)25-44(18-16-38-2)19-17-39-3/h4-15,20,32-34,36,38-41,46,49H,16-19,21-25H2,1-3H3,(H,42,45)(H,43,50)(H,47,48)/t32-,33-,34-,36+/m0/s1. The van der Waals surface area contributed by atoms with Crippen molar-refractivity contribution in [2.24, 2.45) is 0 Å². The third-order valence-electron chi connectivity index (χ3n) is 8.13. The molecule has 9 N–H and O–H groups in total. The summed E-state index contributed by atoms with van der Waals surface area (Å²) in [6.07, 6.45) is -2.51. The minimum atomic E-state index is -1.40. The van der Waals surface area contributed by atoms with E-state index in [1.54, 1.807) is 0 Å². The SMILES string of the molecule is CNCCN(CCNC)C[C@H](O)NCc1cccc(CN[C@H](O)[C@H](CC(=O)O)NC(=O)[C@H](Cc2ccc(-c3ccccc3)cc2)NC(C)=O)c1. The number of aliphatic hydroxyl groups is 2. The van der Waals surface area contributed by atoms with Crippen LogP contribution in [0.4, 0.5) is 0 Å². The maximum atomic E-state index is 13.4. The molecule has 3 aromatic rings. The predicted octanol–water partition coefficient (Wildman–Crippen LogP) is 0.617. The number of carboxylic acid groups (broad SMARTS) is 1. The van der Waals surface area contributed by atoms with E-state index in [2.05, 4.69) is 36.8 Å². The molecule has 3 aromatic carbocycles. The summed E-state index contributed by atoms with van der Waals surface area (Å²) in [5, 5.41) is 48.8. The highest BCUT2D eigenvalue weighted by atomic mass is 16.4. The lowest BCUT2D eigenvalue weighted by Gasteiger charge is -2.27. The van der Waals surface area contributed by atoms with Crippen LogP contribution in [0.1, 0.15) is 30.0 Å². The Morgan fingerprint density at radius 1 is 0.740 bits per heavy atom. The summed E-state index contributed by atoms with van der Waals surface area (Å²) in [7, 11) is 3.79. The number of carbonyl (C=O) groups excluding carboxylic acids is 2. The van der Waals surface area contributed by atoms with Crippen LogP contribution in [0.5, 0.6) is 0 Å². The number of amides is 2. The Bertz CT molecular complexity index is 1450. The largest absolute Gasteiger partial charge is 0.481 e. The molecule has 272 valence electrons. The molecule has 0 aromatic heterocycles. The van der Waals surface area contributed by atoms with Gasteiger partial charge >= 0.3 is 5.97 Å². The van der Waals surface area contributed by atoms with Gasteiger partial charge in [0.25, 0.3) is 0 Å². The van der Waals surface area contributed by atoms with Crippen molar-refractivity contribution in [3.8, 4) is 11.1 Å². The molecule has 0 spiro atoms. The van der Waals surface area contributed by atoms with Crippen LogP contribution >= 0.6 is 0 Å². The first kappa shape index (κ1) is 40.2. The highest BCUT2D eigenvalue weighted by Gasteiger charge is 2.28. The van der Waals surface area contributed by atoms with Crippen LogP contribution in [0, 0.1) is 0 Å². The van der Waals surface area contributed by atoms with Gasteiger partial charge in [0.2, 0.25) is 11.8 Å². The number of hydrogen-bond acceptors (Lipinski definition) is 10. The number of benzene rings is 3. The van der Waals surface area contributed by atoms with E-state index in [1.807, 2.05) is 93.0 Å². The van der Waals surface area contributed by atoms with Gasteiger partial charge in [-0.1, -0.05) is 78.9 Å². The summed E-state index contributed by atoms with van der Waals surface area (Å²) in [5.41, 5.74) is 4.59. The van der Waals surface area contributed by atoms with E-state index in [9.17, 15) is 29.7 Å². The van der Waals surface area contributed by atoms with Gasteiger partial charge in [0.05, 0.1) is 12.5 Å². The van der Waals surface area contributed by atoms with E-state index >= 15 is 0 Å². The van der Waals surface area contributed by atoms with Gasteiger partial charge in [-0.05, 0) is 41.9 Å². The van der Waals surface area contributed by atoms with Gasteiger partial charge in [-0.3, -0.25) is 29.9 Å². The first-order valence-electron chi connectivity index (χ1n) is 16.9. The average molecular weight is 692 g/mol. The van der Waals surface area contributed by atoms with E-state index in [4.69, 9.17) is 0 Å². The Hall–Kier alpha value is -4.21. The summed E-state index contributed by atoms with van der Waals surface area (Å²) in [6, 6.07) is 22.9. The van der Waals surface area contributed by atoms with Crippen molar-refractivity contribution in [1.82, 2.24) is 36.8 Å². The topological polar surface area (TPSA) is 187 Å². The molecule has 0 unspecified atom stereocenters. The number of carboxylic acids is 1. The highest BCUT2D eigenvalue weighted by Crippen LogP contribution is 2.20. The number of hydrogen-bond donors (Lipinski definition) is 9. The van der Waals surface area contributed by atoms with E-state index in [0.29, 0.717) is 13.1 Å². The van der Waals surface area contributed by atoms with Gasteiger partial charge in [-0.25, -0.2) is 0 Å². The first-order chi connectivity index (χ1) is 24.1. The summed E-state index contributed by atoms with van der Waals surface area (Å²) < 4.78 is 0. The minimum absolute atomic E-state index is 0.170. The zero-order valence-electron chi connectivity index (χ0n) is 29.2. The number of nitrogens with zero attached hydrogens (tertiary/aromatic N) is 1. The second kappa shape index (κ2) is 21.8. The Balaban J connectivity index is 1.58. The Morgan fingerprint density at radius 3 is 1.92 bits per heavy atom. The Kier molecular flexibility index (Phi) is 17.5. The molecule has 0 fully saturated rings. The molecule has 50 heavy (non-hydrogen) atoms. The van der Waals surface area contributed by atoms with Crippen LogP contribution < -0.4 is 31.9 Å². The van der Waals surface area contributed by atoms with Crippen molar-refractivity contribution in [3.05, 3.63) is 95.6 Å². The third kappa shape index (κ3) is 14.7. The second-order valence-electron chi connectivity index (χ2n) is 12.3. The maximum absolute atomic E-state index is 13.4. The Labute approximate surface area is 294 Å². The van der Waals surface area contributed by atoms with Crippen LogP contribution in [-0.2, 0) is 33.9 Å². The molecular weight excluding hydrogens is 638 g/mol. The monoisotopic (exact) mass is 691 g/mol. The molecule has 0 saturated heterocycles. The molecule has 0 heterocycles. The number of nitrogens with one attached hydrogen (secondary N) is 6. The molecule has 0 aliphatic carbocycles. The van der Waals surface area contributed by atoms with Crippen molar-refractivity contribution in [2.45, 2.75) is 57.4 Å². The van der Waals surface area contributed by atoms with Crippen molar-refractivity contribution >= 4 is 17.8 Å². The predicted molar refractivity (Wildman–Crippen MR) is 194 cm³/mol. The van der Waals surface area contributed by atoms with Gasteiger partial charge in [0, 0.05) is 59.2 Å². The first-order valence-corrected chi connectivity index (χ1v) is 16.9. The van der Waals surface area contributed by atoms with E-state index in [1.165, 1.54) is 6.92 Å². The third-order valence-corrected chi connectivity index (χ3v) is 8.13.